The zero-order valence-corrected chi connectivity index (χ0v) is 10.3. The minimum Gasteiger partial charge on any atom is -0.314 e. The van der Waals surface area contributed by atoms with E-state index in [1.165, 1.54) is 0 Å². The summed E-state index contributed by atoms with van der Waals surface area (Å²) < 4.78 is 0. The van der Waals surface area contributed by atoms with Crippen molar-refractivity contribution >= 4 is 11.6 Å². The average molecular weight is 228 g/mol. The molecule has 1 unspecified atom stereocenters. The van der Waals surface area contributed by atoms with Crippen LogP contribution in [-0.2, 0) is 6.42 Å². The molecular formula is C11H18ClN3. The fourth-order valence-corrected chi connectivity index (χ4v) is 1.54. The van der Waals surface area contributed by atoms with Crippen LogP contribution in [0.3, 0.4) is 0 Å². The summed E-state index contributed by atoms with van der Waals surface area (Å²) in [5, 5.41) is 4.02. The molecule has 0 aliphatic heterocycles. The molecule has 1 aromatic rings. The molecule has 1 heterocycles. The van der Waals surface area contributed by atoms with Crippen molar-refractivity contribution in [3.63, 3.8) is 0 Å². The summed E-state index contributed by atoms with van der Waals surface area (Å²) >= 11 is 5.73. The Morgan fingerprint density at radius 1 is 1.33 bits per heavy atom. The fourth-order valence-electron chi connectivity index (χ4n) is 1.45. The highest BCUT2D eigenvalue weighted by atomic mass is 35.5. The van der Waals surface area contributed by atoms with Gasteiger partial charge in [-0.05, 0) is 12.5 Å². The Balaban J connectivity index is 2.61. The average Bonchev–Trinajstić information content (AvgIpc) is 2.20. The number of likely N-dealkylation sites (N-methyl/N-ethyl adjacent to an activating group) is 1. The first kappa shape index (κ1) is 12.4. The lowest BCUT2D eigenvalue weighted by Crippen LogP contribution is -2.36. The van der Waals surface area contributed by atoms with Crippen LogP contribution in [-0.4, -0.2) is 22.6 Å². The Hall–Kier alpha value is -0.670. The first-order valence-electron chi connectivity index (χ1n) is 5.33. The first-order valence-corrected chi connectivity index (χ1v) is 5.71. The van der Waals surface area contributed by atoms with Crippen molar-refractivity contribution < 1.29 is 0 Å². The van der Waals surface area contributed by atoms with Crippen LogP contribution in [0.5, 0.6) is 0 Å². The molecular weight excluding hydrogens is 210 g/mol. The van der Waals surface area contributed by atoms with Crippen LogP contribution >= 0.6 is 11.6 Å². The molecule has 1 aromatic heterocycles. The number of hydrogen-bond donors (Lipinski definition) is 1. The van der Waals surface area contributed by atoms with E-state index in [0.717, 1.165) is 18.8 Å². The van der Waals surface area contributed by atoms with E-state index in [9.17, 15) is 0 Å². The van der Waals surface area contributed by atoms with Crippen LogP contribution in [0.4, 0.5) is 0 Å². The molecule has 0 spiro atoms. The van der Waals surface area contributed by atoms with Crippen molar-refractivity contribution in [3.05, 3.63) is 23.2 Å². The van der Waals surface area contributed by atoms with Crippen molar-refractivity contribution in [1.82, 2.24) is 15.3 Å². The Bertz CT molecular complexity index is 284. The third kappa shape index (κ3) is 4.14. The fraction of sp³-hybridized carbons (Fsp3) is 0.636. The van der Waals surface area contributed by atoms with Gasteiger partial charge in [-0.2, -0.15) is 0 Å². The van der Waals surface area contributed by atoms with Gasteiger partial charge in [-0.3, -0.25) is 0 Å². The van der Waals surface area contributed by atoms with E-state index in [4.69, 9.17) is 11.6 Å². The molecule has 84 valence electrons. The molecule has 0 aliphatic carbocycles. The molecule has 0 fully saturated rings. The number of halogens is 1. The molecule has 0 amide bonds. The summed E-state index contributed by atoms with van der Waals surface area (Å²) in [6.45, 7) is 7.47. The molecule has 0 radical (unpaired) electrons. The van der Waals surface area contributed by atoms with E-state index < -0.39 is 0 Å². The van der Waals surface area contributed by atoms with E-state index in [-0.39, 0.29) is 0 Å². The molecule has 0 saturated carbocycles. The van der Waals surface area contributed by atoms with Crippen LogP contribution < -0.4 is 5.32 Å². The number of nitrogens with one attached hydrogen (secondary N) is 1. The number of hydrogen-bond acceptors (Lipinski definition) is 3. The summed E-state index contributed by atoms with van der Waals surface area (Å²) in [5.74, 6) is 1.42. The van der Waals surface area contributed by atoms with E-state index >= 15 is 0 Å². The predicted octanol–water partition coefficient (Wildman–Crippen LogP) is 2.31. The van der Waals surface area contributed by atoms with Gasteiger partial charge >= 0.3 is 0 Å². The summed E-state index contributed by atoms with van der Waals surface area (Å²) in [7, 11) is 0. The van der Waals surface area contributed by atoms with Gasteiger partial charge in [-0.1, -0.05) is 32.4 Å². The lowest BCUT2D eigenvalue weighted by Gasteiger charge is -2.20. The SMILES string of the molecule is CCNC(Cc1ncc(Cl)cn1)C(C)C. The van der Waals surface area contributed by atoms with Crippen LogP contribution in [0, 0.1) is 5.92 Å². The van der Waals surface area contributed by atoms with E-state index in [2.05, 4.69) is 36.1 Å². The second-order valence-corrected chi connectivity index (χ2v) is 4.37. The summed E-state index contributed by atoms with van der Waals surface area (Å²) in [5.41, 5.74) is 0. The van der Waals surface area contributed by atoms with Crippen LogP contribution in [0.2, 0.25) is 5.02 Å². The Morgan fingerprint density at radius 3 is 2.40 bits per heavy atom. The van der Waals surface area contributed by atoms with Crippen molar-refractivity contribution in [2.45, 2.75) is 33.2 Å². The largest absolute Gasteiger partial charge is 0.314 e. The van der Waals surface area contributed by atoms with Gasteiger partial charge < -0.3 is 5.32 Å². The molecule has 3 nitrogen and oxygen atoms in total. The molecule has 0 aromatic carbocycles. The maximum absolute atomic E-state index is 5.73. The number of aromatic nitrogens is 2. The maximum atomic E-state index is 5.73. The Morgan fingerprint density at radius 2 is 1.93 bits per heavy atom. The molecule has 1 N–H and O–H groups in total. The predicted molar refractivity (Wildman–Crippen MR) is 63.0 cm³/mol. The number of nitrogens with zero attached hydrogens (tertiary/aromatic N) is 2. The van der Waals surface area contributed by atoms with Crippen molar-refractivity contribution in [3.8, 4) is 0 Å². The zero-order valence-electron chi connectivity index (χ0n) is 9.50. The molecule has 15 heavy (non-hydrogen) atoms. The van der Waals surface area contributed by atoms with Crippen molar-refractivity contribution in [2.75, 3.05) is 6.54 Å². The van der Waals surface area contributed by atoms with Gasteiger partial charge in [0.2, 0.25) is 0 Å². The Labute approximate surface area is 96.3 Å². The van der Waals surface area contributed by atoms with E-state index in [1.54, 1.807) is 12.4 Å². The molecule has 0 aliphatic rings. The zero-order chi connectivity index (χ0) is 11.3. The first-order chi connectivity index (χ1) is 7.13. The normalized spacial score (nSPS) is 13.1. The molecule has 1 atom stereocenters. The van der Waals surface area contributed by atoms with Gasteiger partial charge in [0.1, 0.15) is 5.82 Å². The second kappa shape index (κ2) is 6.03. The van der Waals surface area contributed by atoms with Crippen LogP contribution in [0.1, 0.15) is 26.6 Å². The summed E-state index contributed by atoms with van der Waals surface area (Å²) in [6.07, 6.45) is 4.14. The molecule has 0 bridgehead atoms. The summed E-state index contributed by atoms with van der Waals surface area (Å²) in [4.78, 5) is 8.40. The van der Waals surface area contributed by atoms with E-state index in [1.807, 2.05) is 0 Å². The highest BCUT2D eigenvalue weighted by molar-refractivity contribution is 6.30. The molecule has 0 saturated heterocycles. The van der Waals surface area contributed by atoms with Gasteiger partial charge in [0.15, 0.2) is 0 Å². The second-order valence-electron chi connectivity index (χ2n) is 3.93. The maximum Gasteiger partial charge on any atom is 0.129 e. The van der Waals surface area contributed by atoms with Crippen LogP contribution in [0.25, 0.3) is 0 Å². The lowest BCUT2D eigenvalue weighted by atomic mass is 10.0. The highest BCUT2D eigenvalue weighted by Gasteiger charge is 2.13. The molecule has 1 rings (SSSR count). The summed E-state index contributed by atoms with van der Waals surface area (Å²) in [6, 6.07) is 0.427. The lowest BCUT2D eigenvalue weighted by molar-refractivity contribution is 0.399. The van der Waals surface area contributed by atoms with Gasteiger partial charge in [-0.25, -0.2) is 9.97 Å². The third-order valence-corrected chi connectivity index (χ3v) is 2.54. The van der Waals surface area contributed by atoms with Crippen molar-refractivity contribution in [1.29, 1.82) is 0 Å². The van der Waals surface area contributed by atoms with E-state index in [0.29, 0.717) is 17.0 Å². The van der Waals surface area contributed by atoms with Gasteiger partial charge in [0.25, 0.3) is 0 Å². The standard InChI is InChI=1S/C11H18ClN3/c1-4-13-10(8(2)3)5-11-14-6-9(12)7-15-11/h6-8,10,13H,4-5H2,1-3H3. The highest BCUT2D eigenvalue weighted by Crippen LogP contribution is 2.08. The topological polar surface area (TPSA) is 37.8 Å². The monoisotopic (exact) mass is 227 g/mol. The quantitative estimate of drug-likeness (QED) is 0.839. The Kier molecular flexibility index (Phi) is 4.99. The van der Waals surface area contributed by atoms with Crippen LogP contribution in [0.15, 0.2) is 12.4 Å². The van der Waals surface area contributed by atoms with Gasteiger partial charge in [-0.15, -0.1) is 0 Å². The van der Waals surface area contributed by atoms with Gasteiger partial charge in [0.05, 0.1) is 5.02 Å². The third-order valence-electron chi connectivity index (χ3n) is 2.35. The minimum atomic E-state index is 0.427. The number of rotatable bonds is 5. The smallest absolute Gasteiger partial charge is 0.129 e. The van der Waals surface area contributed by atoms with Crippen molar-refractivity contribution in [2.24, 2.45) is 5.92 Å². The minimum absolute atomic E-state index is 0.427. The van der Waals surface area contributed by atoms with Gasteiger partial charge in [0, 0.05) is 24.9 Å². The molecule has 4 heteroatoms.